The number of amides is 1. The first-order chi connectivity index (χ1) is 14.5. The maximum Gasteiger partial charge on any atom is 0.243 e. The number of nitrogens with zero attached hydrogens (tertiary/aromatic N) is 2. The molecule has 3 atom stereocenters. The fraction of sp³-hybridized carbons (Fsp3) is 0.652. The van der Waals surface area contributed by atoms with Gasteiger partial charge in [0.1, 0.15) is 12.3 Å². The second kappa shape index (κ2) is 10.4. The topological polar surface area (TPSA) is 75.2 Å². The SMILES string of the molecule is CCOC1CC(NC(=NCC(=O)N(C)C)NC2CCOc3ccccc32)C12CCC2.I. The predicted octanol–water partition coefficient (Wildman–Crippen LogP) is 3.10. The van der Waals surface area contributed by atoms with Gasteiger partial charge in [-0.15, -0.1) is 24.0 Å². The Hall–Kier alpha value is -1.55. The van der Waals surface area contributed by atoms with Gasteiger partial charge in [-0.2, -0.15) is 0 Å². The van der Waals surface area contributed by atoms with E-state index in [9.17, 15) is 4.79 Å². The number of aliphatic imine (C=N–C) groups is 1. The van der Waals surface area contributed by atoms with Crippen LogP contribution in [0.2, 0.25) is 0 Å². The van der Waals surface area contributed by atoms with E-state index >= 15 is 0 Å². The van der Waals surface area contributed by atoms with E-state index < -0.39 is 0 Å². The van der Waals surface area contributed by atoms with Crippen LogP contribution in [0.25, 0.3) is 0 Å². The summed E-state index contributed by atoms with van der Waals surface area (Å²) in [5, 5.41) is 7.24. The minimum absolute atomic E-state index is 0. The van der Waals surface area contributed by atoms with Crippen LogP contribution in [0.15, 0.2) is 29.3 Å². The van der Waals surface area contributed by atoms with E-state index in [1.54, 1.807) is 19.0 Å². The number of ether oxygens (including phenoxy) is 2. The number of hydrogen-bond donors (Lipinski definition) is 2. The third-order valence-corrected chi connectivity index (χ3v) is 6.89. The fourth-order valence-electron chi connectivity index (χ4n) is 4.88. The lowest BCUT2D eigenvalue weighted by Gasteiger charge is -2.61. The summed E-state index contributed by atoms with van der Waals surface area (Å²) >= 11 is 0. The van der Waals surface area contributed by atoms with Crippen molar-refractivity contribution in [2.45, 2.75) is 57.2 Å². The van der Waals surface area contributed by atoms with Gasteiger partial charge < -0.3 is 25.0 Å². The number of carbonyl (C=O) groups is 1. The summed E-state index contributed by atoms with van der Waals surface area (Å²) in [7, 11) is 3.52. The van der Waals surface area contributed by atoms with Crippen molar-refractivity contribution in [1.29, 1.82) is 0 Å². The zero-order valence-electron chi connectivity index (χ0n) is 18.7. The molecule has 1 amide bonds. The second-order valence-electron chi connectivity index (χ2n) is 8.79. The molecule has 8 heteroatoms. The van der Waals surface area contributed by atoms with Gasteiger partial charge in [0.2, 0.25) is 5.91 Å². The number of nitrogens with one attached hydrogen (secondary N) is 2. The Morgan fingerprint density at radius 2 is 2.06 bits per heavy atom. The van der Waals surface area contributed by atoms with Gasteiger partial charge in [-0.1, -0.05) is 24.6 Å². The highest BCUT2D eigenvalue weighted by Crippen LogP contribution is 2.57. The molecule has 0 saturated heterocycles. The van der Waals surface area contributed by atoms with Gasteiger partial charge in [-0.25, -0.2) is 4.99 Å². The van der Waals surface area contributed by atoms with Crippen LogP contribution in [0.5, 0.6) is 5.75 Å². The number of halogens is 1. The number of benzene rings is 1. The van der Waals surface area contributed by atoms with Crippen molar-refractivity contribution in [3.05, 3.63) is 29.8 Å². The highest BCUT2D eigenvalue weighted by molar-refractivity contribution is 14.0. The minimum Gasteiger partial charge on any atom is -0.493 e. The molecule has 31 heavy (non-hydrogen) atoms. The maximum atomic E-state index is 12.2. The first kappa shape index (κ1) is 24.1. The van der Waals surface area contributed by atoms with Gasteiger partial charge in [-0.05, 0) is 32.3 Å². The second-order valence-corrected chi connectivity index (χ2v) is 8.79. The van der Waals surface area contributed by atoms with E-state index in [1.165, 1.54) is 19.3 Å². The molecule has 1 aromatic carbocycles. The molecular weight excluding hydrogens is 507 g/mol. The number of para-hydroxylation sites is 1. The molecule has 7 nitrogen and oxygen atoms in total. The van der Waals surface area contributed by atoms with Crippen LogP contribution < -0.4 is 15.4 Å². The number of fused-ring (bicyclic) bond motifs is 1. The quantitative estimate of drug-likeness (QED) is 0.329. The van der Waals surface area contributed by atoms with Gasteiger partial charge >= 0.3 is 0 Å². The highest BCUT2D eigenvalue weighted by Gasteiger charge is 2.59. The monoisotopic (exact) mass is 542 g/mol. The molecule has 0 radical (unpaired) electrons. The fourth-order valence-corrected chi connectivity index (χ4v) is 4.88. The van der Waals surface area contributed by atoms with Crippen molar-refractivity contribution < 1.29 is 14.3 Å². The standard InChI is InChI=1S/C23H34N4O3.HI/c1-4-29-20-14-19(23(20)11-7-12-23)26-22(24-15-21(28)27(2)3)25-17-10-13-30-18-9-6-5-8-16(17)18;/h5-6,8-9,17,19-20H,4,7,10-15H2,1-3H3,(H2,24,25,26);1H. The van der Waals surface area contributed by atoms with Crippen molar-refractivity contribution in [2.24, 2.45) is 10.4 Å². The van der Waals surface area contributed by atoms with Crippen molar-refractivity contribution in [3.63, 3.8) is 0 Å². The first-order valence-corrected chi connectivity index (χ1v) is 11.1. The third kappa shape index (κ3) is 4.94. The summed E-state index contributed by atoms with van der Waals surface area (Å²) in [5.41, 5.74) is 1.36. The summed E-state index contributed by atoms with van der Waals surface area (Å²) in [5.74, 6) is 1.61. The Balaban J connectivity index is 0.00000272. The average molecular weight is 542 g/mol. The molecule has 2 N–H and O–H groups in total. The van der Waals surface area contributed by atoms with Crippen molar-refractivity contribution in [2.75, 3.05) is 33.9 Å². The van der Waals surface area contributed by atoms with Crippen LogP contribution in [-0.4, -0.2) is 62.8 Å². The van der Waals surface area contributed by atoms with Gasteiger partial charge in [0.15, 0.2) is 5.96 Å². The largest absolute Gasteiger partial charge is 0.493 e. The molecule has 1 spiro atoms. The Labute approximate surface area is 202 Å². The molecule has 3 aliphatic rings. The van der Waals surface area contributed by atoms with Crippen LogP contribution in [0.4, 0.5) is 0 Å². The summed E-state index contributed by atoms with van der Waals surface area (Å²) in [6.45, 7) is 3.62. The van der Waals surface area contributed by atoms with E-state index in [0.717, 1.165) is 30.8 Å². The molecule has 4 rings (SSSR count). The summed E-state index contributed by atoms with van der Waals surface area (Å²) < 4.78 is 11.8. The van der Waals surface area contributed by atoms with Gasteiger partial charge in [0.25, 0.3) is 0 Å². The summed E-state index contributed by atoms with van der Waals surface area (Å²) in [6.07, 6.45) is 5.83. The van der Waals surface area contributed by atoms with E-state index in [1.807, 2.05) is 18.2 Å². The number of guanidine groups is 1. The average Bonchev–Trinajstić information content (AvgIpc) is 2.69. The molecule has 2 saturated carbocycles. The van der Waals surface area contributed by atoms with Crippen LogP contribution >= 0.6 is 24.0 Å². The molecule has 0 aromatic heterocycles. The number of hydrogen-bond acceptors (Lipinski definition) is 4. The Morgan fingerprint density at radius 1 is 1.29 bits per heavy atom. The number of likely N-dealkylation sites (N-methyl/N-ethyl adjacent to an activating group) is 1. The van der Waals surface area contributed by atoms with Crippen LogP contribution in [0.1, 0.15) is 50.6 Å². The molecular formula is C23H35IN4O3. The van der Waals surface area contributed by atoms with E-state index in [4.69, 9.17) is 9.47 Å². The maximum absolute atomic E-state index is 12.2. The Morgan fingerprint density at radius 3 is 2.74 bits per heavy atom. The number of rotatable bonds is 6. The lowest BCUT2D eigenvalue weighted by molar-refractivity contribution is -0.168. The van der Waals surface area contributed by atoms with E-state index in [0.29, 0.717) is 24.7 Å². The van der Waals surface area contributed by atoms with E-state index in [2.05, 4.69) is 28.6 Å². The van der Waals surface area contributed by atoms with Gasteiger partial charge in [0, 0.05) is 44.1 Å². The normalized spacial score (nSPS) is 25.8. The highest BCUT2D eigenvalue weighted by atomic mass is 127. The molecule has 172 valence electrons. The molecule has 3 unspecified atom stereocenters. The Kier molecular flexibility index (Phi) is 8.07. The molecule has 1 aliphatic heterocycles. The first-order valence-electron chi connectivity index (χ1n) is 11.1. The zero-order valence-corrected chi connectivity index (χ0v) is 21.1. The lowest BCUT2D eigenvalue weighted by Crippen LogP contribution is -2.68. The van der Waals surface area contributed by atoms with Gasteiger partial charge in [-0.3, -0.25) is 4.79 Å². The van der Waals surface area contributed by atoms with Crippen LogP contribution in [-0.2, 0) is 9.53 Å². The third-order valence-electron chi connectivity index (χ3n) is 6.89. The molecule has 1 heterocycles. The van der Waals surface area contributed by atoms with Crippen molar-refractivity contribution in [3.8, 4) is 5.75 Å². The predicted molar refractivity (Wildman–Crippen MR) is 132 cm³/mol. The Bertz CT molecular complexity index is 797. The van der Waals surface area contributed by atoms with Crippen molar-refractivity contribution >= 4 is 35.8 Å². The van der Waals surface area contributed by atoms with Crippen LogP contribution in [0.3, 0.4) is 0 Å². The molecule has 1 aromatic rings. The van der Waals surface area contributed by atoms with Gasteiger partial charge in [0.05, 0.1) is 18.8 Å². The molecule has 2 fully saturated rings. The zero-order chi connectivity index (χ0) is 21.1. The summed E-state index contributed by atoms with van der Waals surface area (Å²) in [4.78, 5) is 18.4. The molecule has 0 bridgehead atoms. The molecule has 2 aliphatic carbocycles. The number of carbonyl (C=O) groups excluding carboxylic acids is 1. The summed E-state index contributed by atoms with van der Waals surface area (Å²) in [6, 6.07) is 8.56. The smallest absolute Gasteiger partial charge is 0.243 e. The van der Waals surface area contributed by atoms with Crippen LogP contribution in [0, 0.1) is 5.41 Å². The van der Waals surface area contributed by atoms with E-state index in [-0.39, 0.29) is 47.9 Å². The minimum atomic E-state index is -0.0114. The van der Waals surface area contributed by atoms with Crippen molar-refractivity contribution in [1.82, 2.24) is 15.5 Å². The lowest BCUT2D eigenvalue weighted by atomic mass is 9.51.